The highest BCUT2D eigenvalue weighted by atomic mass is 19.1. The number of hydrogen-bond acceptors (Lipinski definition) is 3. The predicted molar refractivity (Wildman–Crippen MR) is 98.9 cm³/mol. The zero-order valence-corrected chi connectivity index (χ0v) is 14.4. The summed E-state index contributed by atoms with van der Waals surface area (Å²) in [7, 11) is 0. The molecule has 5 rings (SSSR count). The SMILES string of the molecule is O=C(C[C@@H]1C(=O)N(C2CC2)c2nc3ccccc3n21)Nc1ccc(F)cc1. The van der Waals surface area contributed by atoms with Crippen LogP contribution in [0.5, 0.6) is 0 Å². The third-order valence-electron chi connectivity index (χ3n) is 5.05. The van der Waals surface area contributed by atoms with Crippen molar-refractivity contribution in [3.8, 4) is 0 Å². The molecule has 0 bridgehead atoms. The molecule has 2 amide bonds. The van der Waals surface area contributed by atoms with E-state index in [0.717, 1.165) is 23.9 Å². The van der Waals surface area contributed by atoms with Gasteiger partial charge in [0.05, 0.1) is 17.5 Å². The van der Waals surface area contributed by atoms with E-state index in [1.54, 1.807) is 4.90 Å². The maximum absolute atomic E-state index is 13.0. The van der Waals surface area contributed by atoms with E-state index in [-0.39, 0.29) is 30.1 Å². The highest BCUT2D eigenvalue weighted by Crippen LogP contribution is 2.42. The Bertz CT molecular complexity index is 1060. The second-order valence-electron chi connectivity index (χ2n) is 6.98. The van der Waals surface area contributed by atoms with Crippen molar-refractivity contribution in [1.82, 2.24) is 9.55 Å². The molecule has 0 saturated heterocycles. The highest BCUT2D eigenvalue weighted by molar-refractivity contribution is 6.05. The second kappa shape index (κ2) is 5.90. The molecule has 0 radical (unpaired) electrons. The van der Waals surface area contributed by atoms with E-state index in [4.69, 9.17) is 0 Å². The summed E-state index contributed by atoms with van der Waals surface area (Å²) < 4.78 is 14.9. The quantitative estimate of drug-likeness (QED) is 0.773. The minimum absolute atomic E-state index is 0.00673. The van der Waals surface area contributed by atoms with Crippen LogP contribution in [0.3, 0.4) is 0 Å². The molecule has 1 aliphatic heterocycles. The van der Waals surface area contributed by atoms with Gasteiger partial charge in [0.2, 0.25) is 11.9 Å². The maximum atomic E-state index is 13.0. The van der Waals surface area contributed by atoms with Crippen LogP contribution in [0.4, 0.5) is 16.0 Å². The van der Waals surface area contributed by atoms with Crippen molar-refractivity contribution in [2.75, 3.05) is 10.2 Å². The number of anilines is 2. The summed E-state index contributed by atoms with van der Waals surface area (Å²) in [6, 6.07) is 12.8. The number of carbonyl (C=O) groups is 2. The van der Waals surface area contributed by atoms with Crippen molar-refractivity contribution in [3.63, 3.8) is 0 Å². The zero-order chi connectivity index (χ0) is 18.5. The molecule has 1 fully saturated rings. The van der Waals surface area contributed by atoms with Gasteiger partial charge in [-0.1, -0.05) is 12.1 Å². The molecule has 1 atom stereocenters. The summed E-state index contributed by atoms with van der Waals surface area (Å²) in [5.74, 6) is -0.113. The fraction of sp³-hybridized carbons (Fsp3) is 0.250. The van der Waals surface area contributed by atoms with Crippen molar-refractivity contribution in [3.05, 3.63) is 54.3 Å². The molecule has 136 valence electrons. The lowest BCUT2D eigenvalue weighted by molar-refractivity contribution is -0.124. The summed E-state index contributed by atoms with van der Waals surface area (Å²) in [5.41, 5.74) is 2.17. The summed E-state index contributed by atoms with van der Waals surface area (Å²) in [6.07, 6.45) is 1.93. The molecule has 1 aromatic heterocycles. The molecule has 3 aromatic rings. The zero-order valence-electron chi connectivity index (χ0n) is 14.4. The molecule has 2 aromatic carbocycles. The summed E-state index contributed by atoms with van der Waals surface area (Å²) in [5, 5.41) is 2.74. The Hall–Kier alpha value is -3.22. The molecule has 2 heterocycles. The number of aromatic nitrogens is 2. The van der Waals surface area contributed by atoms with E-state index in [0.29, 0.717) is 11.6 Å². The molecular formula is C20H17FN4O2. The van der Waals surface area contributed by atoms with Gasteiger partial charge in [0.15, 0.2) is 0 Å². The smallest absolute Gasteiger partial charge is 0.253 e. The van der Waals surface area contributed by atoms with Crippen LogP contribution in [-0.4, -0.2) is 27.4 Å². The largest absolute Gasteiger partial charge is 0.326 e. The van der Waals surface area contributed by atoms with Gasteiger partial charge in [-0.3, -0.25) is 19.1 Å². The minimum Gasteiger partial charge on any atom is -0.326 e. The van der Waals surface area contributed by atoms with Crippen LogP contribution in [0.1, 0.15) is 25.3 Å². The first-order chi connectivity index (χ1) is 13.1. The average molecular weight is 364 g/mol. The van der Waals surface area contributed by atoms with Gasteiger partial charge in [0.25, 0.3) is 5.91 Å². The van der Waals surface area contributed by atoms with E-state index in [1.165, 1.54) is 24.3 Å². The summed E-state index contributed by atoms with van der Waals surface area (Å²) >= 11 is 0. The highest BCUT2D eigenvalue weighted by Gasteiger charge is 2.47. The molecule has 1 N–H and O–H groups in total. The molecule has 2 aliphatic rings. The van der Waals surface area contributed by atoms with E-state index in [2.05, 4.69) is 10.3 Å². The Balaban J connectivity index is 1.46. The first-order valence-corrected chi connectivity index (χ1v) is 8.97. The number of rotatable bonds is 4. The Labute approximate surface area is 154 Å². The predicted octanol–water partition coefficient (Wildman–Crippen LogP) is 3.25. The molecule has 6 nitrogen and oxygen atoms in total. The van der Waals surface area contributed by atoms with E-state index in [9.17, 15) is 14.0 Å². The lowest BCUT2D eigenvalue weighted by Crippen LogP contribution is -2.33. The minimum atomic E-state index is -0.617. The van der Waals surface area contributed by atoms with Crippen LogP contribution in [0.15, 0.2) is 48.5 Å². The number of halogens is 1. The fourth-order valence-electron chi connectivity index (χ4n) is 3.65. The van der Waals surface area contributed by atoms with Crippen molar-refractivity contribution in [2.24, 2.45) is 0 Å². The van der Waals surface area contributed by atoms with Gasteiger partial charge in [-0.15, -0.1) is 0 Å². The topological polar surface area (TPSA) is 67.2 Å². The molecule has 1 aliphatic carbocycles. The van der Waals surface area contributed by atoms with Gasteiger partial charge in [-0.2, -0.15) is 0 Å². The second-order valence-corrected chi connectivity index (χ2v) is 6.98. The lowest BCUT2D eigenvalue weighted by atomic mass is 10.1. The van der Waals surface area contributed by atoms with Gasteiger partial charge >= 0.3 is 0 Å². The first-order valence-electron chi connectivity index (χ1n) is 8.97. The standard InChI is InChI=1S/C20H17FN4O2/c21-12-5-7-13(8-6-12)22-18(26)11-17-19(27)24(14-9-10-14)20-23-15-3-1-2-4-16(15)25(17)20/h1-8,14,17H,9-11H2,(H,22,26)/t17-/m1/s1. The number of para-hydroxylation sites is 2. The first kappa shape index (κ1) is 16.0. The van der Waals surface area contributed by atoms with E-state index < -0.39 is 6.04 Å². The number of nitrogens with one attached hydrogen (secondary N) is 1. The summed E-state index contributed by atoms with van der Waals surface area (Å²) in [6.45, 7) is 0. The van der Waals surface area contributed by atoms with E-state index >= 15 is 0 Å². The molecular weight excluding hydrogens is 347 g/mol. The molecule has 7 heteroatoms. The van der Waals surface area contributed by atoms with Crippen LogP contribution in [0.2, 0.25) is 0 Å². The fourth-order valence-corrected chi connectivity index (χ4v) is 3.65. The van der Waals surface area contributed by atoms with Crippen molar-refractivity contribution in [1.29, 1.82) is 0 Å². The number of imidazole rings is 1. The molecule has 0 unspecified atom stereocenters. The number of carbonyl (C=O) groups excluding carboxylic acids is 2. The van der Waals surface area contributed by atoms with Gasteiger partial charge in [0, 0.05) is 11.7 Å². The Morgan fingerprint density at radius 3 is 2.63 bits per heavy atom. The number of benzene rings is 2. The lowest BCUT2D eigenvalue weighted by Gasteiger charge is -2.15. The van der Waals surface area contributed by atoms with Gasteiger partial charge in [-0.25, -0.2) is 9.37 Å². The van der Waals surface area contributed by atoms with Crippen molar-refractivity contribution >= 4 is 34.5 Å². The van der Waals surface area contributed by atoms with Gasteiger partial charge in [-0.05, 0) is 49.2 Å². The normalized spacial score (nSPS) is 18.8. The molecule has 0 spiro atoms. The van der Waals surface area contributed by atoms with E-state index in [1.807, 2.05) is 28.8 Å². The van der Waals surface area contributed by atoms with Crippen LogP contribution >= 0.6 is 0 Å². The maximum Gasteiger partial charge on any atom is 0.253 e. The van der Waals surface area contributed by atoms with Crippen LogP contribution in [-0.2, 0) is 9.59 Å². The van der Waals surface area contributed by atoms with Gasteiger partial charge in [0.1, 0.15) is 11.9 Å². The van der Waals surface area contributed by atoms with Crippen LogP contribution < -0.4 is 10.2 Å². The number of hydrogen-bond donors (Lipinski definition) is 1. The van der Waals surface area contributed by atoms with Crippen LogP contribution in [0, 0.1) is 5.82 Å². The summed E-state index contributed by atoms with van der Waals surface area (Å²) in [4.78, 5) is 31.9. The number of fused-ring (bicyclic) bond motifs is 3. The molecule has 1 saturated carbocycles. The van der Waals surface area contributed by atoms with Gasteiger partial charge < -0.3 is 5.32 Å². The third-order valence-corrected chi connectivity index (χ3v) is 5.05. The third kappa shape index (κ3) is 2.66. The average Bonchev–Trinajstić information content (AvgIpc) is 3.36. The molecule has 27 heavy (non-hydrogen) atoms. The van der Waals surface area contributed by atoms with Crippen LogP contribution in [0.25, 0.3) is 11.0 Å². The Kier molecular flexibility index (Phi) is 3.50. The Morgan fingerprint density at radius 2 is 1.89 bits per heavy atom. The van der Waals surface area contributed by atoms with Crippen molar-refractivity contribution < 1.29 is 14.0 Å². The number of nitrogens with zero attached hydrogens (tertiary/aromatic N) is 3. The number of amides is 2. The Morgan fingerprint density at radius 1 is 1.15 bits per heavy atom. The van der Waals surface area contributed by atoms with Crippen molar-refractivity contribution in [2.45, 2.75) is 31.3 Å². The monoisotopic (exact) mass is 364 g/mol.